The van der Waals surface area contributed by atoms with E-state index in [-0.39, 0.29) is 25.7 Å². The van der Waals surface area contributed by atoms with Crippen molar-refractivity contribution in [1.82, 2.24) is 10.6 Å². The average molecular weight is 1800 g/mol. The van der Waals surface area contributed by atoms with Crippen molar-refractivity contribution < 1.29 is 176 Å². The van der Waals surface area contributed by atoms with Crippen LogP contribution in [0.3, 0.4) is 0 Å². The summed E-state index contributed by atoms with van der Waals surface area (Å²) in [5.41, 5.74) is 0. The predicted molar refractivity (Wildman–Crippen MR) is 437 cm³/mol. The molecule has 0 spiro atoms. The number of carboxylic acids is 2. The Hall–Kier alpha value is -3.68. The third kappa shape index (κ3) is 41.0. The van der Waals surface area contributed by atoms with Gasteiger partial charge in [0.25, 0.3) is 11.6 Å². The molecule has 0 aromatic carbocycles. The topological polar surface area (TPSA) is 606 Å². The second-order valence-corrected chi connectivity index (χ2v) is 35.7. The van der Waals surface area contributed by atoms with E-state index in [1.54, 1.807) is 0 Å². The largest absolute Gasteiger partial charge is 0.477 e. The van der Waals surface area contributed by atoms with E-state index in [1.165, 1.54) is 0 Å². The normalized spacial score (nSPS) is 28.4. The van der Waals surface area contributed by atoms with E-state index in [0.717, 1.165) is 186 Å². The smallest absolute Gasteiger partial charge is 0.472 e. The van der Waals surface area contributed by atoms with Crippen molar-refractivity contribution in [3.63, 3.8) is 0 Å². The number of carbonyl (C=O) groups excluding carboxylic acids is 4. The molecule has 0 saturated carbocycles. The molecule has 714 valence electrons. The molecular formula is C82H150N2O36P2. The number of hydrogen-bond donors (Lipinski definition) is 19. The summed E-state index contributed by atoms with van der Waals surface area (Å²) < 4.78 is 89.5. The molecule has 4 aliphatic rings. The molecule has 0 bridgehead atoms. The zero-order valence-electron chi connectivity index (χ0n) is 72.0. The fourth-order valence-corrected chi connectivity index (χ4v) is 16.9. The van der Waals surface area contributed by atoms with Crippen LogP contribution in [0, 0.1) is 0 Å². The number of hydrogen-bond acceptors (Lipinski definition) is 30. The number of ether oxygens (including phenoxy) is 9. The Balaban J connectivity index is 1.85. The molecular weight excluding hydrogens is 1650 g/mol. The number of amides is 2. The Bertz CT molecular complexity index is 3020. The number of rotatable bonds is 68. The van der Waals surface area contributed by atoms with E-state index in [9.17, 15) is 124 Å². The number of aliphatic carboxylic acids is 2. The number of phosphoric ester groups is 2. The van der Waals surface area contributed by atoms with Gasteiger partial charge in [0.05, 0.1) is 70.1 Å². The van der Waals surface area contributed by atoms with Gasteiger partial charge in [-0.3, -0.25) is 28.2 Å². The molecule has 4 fully saturated rings. The van der Waals surface area contributed by atoms with E-state index >= 15 is 0 Å². The lowest BCUT2D eigenvalue weighted by atomic mass is 9.90. The van der Waals surface area contributed by atoms with E-state index in [2.05, 4.69) is 38.3 Å². The number of carboxylic acid groups (broad SMARTS) is 2. The predicted octanol–water partition coefficient (Wildman–Crippen LogP) is 6.46. The molecule has 4 rings (SSSR count). The highest BCUT2D eigenvalue weighted by atomic mass is 31.2. The fraction of sp³-hybridized carbons (Fsp3) is 0.927. The van der Waals surface area contributed by atoms with Gasteiger partial charge in [-0.15, -0.1) is 0 Å². The van der Waals surface area contributed by atoms with Crippen molar-refractivity contribution in [2.75, 3.05) is 26.4 Å². The fourth-order valence-electron chi connectivity index (χ4n) is 15.8. The Labute approximate surface area is 717 Å². The number of nitrogens with one attached hydrogen (secondary N) is 2. The van der Waals surface area contributed by atoms with Crippen molar-refractivity contribution in [3.05, 3.63) is 0 Å². The standard InChI is InChI=1S/C82H150N2O36P2/c1-5-9-13-17-21-25-29-33-37-41-54(87)45-63(92)84-68-76(115-66(95)46-55(88)42-38-34-30-26-22-18-14-10-6-2)71(98)61(113-78(68)120-122(107,108)109)52-110-77-67(83-64(93)47-56(43-39-35-31-27-23-19-15-11-7-3)112-65(94)44-40-36-32-28-24-20-16-12-8-4)72(99)75(119-121(104,105)106)62(114-77)53-111-81(79(100)101)49-60(70(97)74(117-81)59(91)51-86)116-82(80(102)103)48-57(89)69(96)73(118-82)58(90)50-85/h54-62,67-78,85-91,96-99H,5-53H2,1-4H3,(H,83,93)(H,84,92)(H,100,101)(H,102,103)(H2,104,105,106)(H2,107,108,109)/t54-,55-,56-,57-,58-,59-,60-,61-,62-,67-,68-,69-,70-,71-,72-,73-,74-,75-,76-,77-,78-,81-,82-/m1/s1. The summed E-state index contributed by atoms with van der Waals surface area (Å²) >= 11 is 0. The number of esters is 2. The number of aliphatic hydroxyl groups is 11. The molecule has 122 heavy (non-hydrogen) atoms. The van der Waals surface area contributed by atoms with Crippen molar-refractivity contribution >= 4 is 51.3 Å². The second kappa shape index (κ2) is 59.5. The summed E-state index contributed by atoms with van der Waals surface area (Å²) in [7, 11) is -11.8. The molecule has 4 saturated heterocycles. The van der Waals surface area contributed by atoms with Crippen LogP contribution in [-0.2, 0) is 89.6 Å². The molecule has 0 unspecified atom stereocenters. The third-order valence-corrected chi connectivity index (χ3v) is 23.8. The van der Waals surface area contributed by atoms with Gasteiger partial charge in [-0.25, -0.2) is 18.7 Å². The summed E-state index contributed by atoms with van der Waals surface area (Å²) in [6.07, 6.45) is -11.6. The minimum Gasteiger partial charge on any atom is -0.477 e. The van der Waals surface area contributed by atoms with Crippen LogP contribution in [0.1, 0.15) is 317 Å². The quantitative estimate of drug-likeness (QED) is 0.0176. The van der Waals surface area contributed by atoms with E-state index in [0.29, 0.717) is 44.9 Å². The molecule has 38 nitrogen and oxygen atoms in total. The van der Waals surface area contributed by atoms with Gasteiger partial charge < -0.3 is 139 Å². The monoisotopic (exact) mass is 1800 g/mol. The Morgan fingerprint density at radius 2 is 0.861 bits per heavy atom. The molecule has 0 aromatic rings. The molecule has 2 amide bonds. The molecule has 0 aromatic heterocycles. The van der Waals surface area contributed by atoms with E-state index < -0.39 is 250 Å². The van der Waals surface area contributed by atoms with Gasteiger partial charge in [0.1, 0.15) is 85.3 Å². The van der Waals surface area contributed by atoms with Crippen molar-refractivity contribution in [1.29, 1.82) is 0 Å². The first-order chi connectivity index (χ1) is 58.0. The van der Waals surface area contributed by atoms with Crippen LogP contribution in [-0.4, -0.2) is 288 Å². The lowest BCUT2D eigenvalue weighted by molar-refractivity contribution is -0.378. The highest BCUT2D eigenvalue weighted by Gasteiger charge is 2.62. The molecule has 4 heterocycles. The summed E-state index contributed by atoms with van der Waals surface area (Å²) in [6, 6.07) is -4.26. The zero-order valence-corrected chi connectivity index (χ0v) is 73.8. The van der Waals surface area contributed by atoms with Crippen LogP contribution in [0.15, 0.2) is 0 Å². The van der Waals surface area contributed by atoms with Crippen LogP contribution in [0.25, 0.3) is 0 Å². The molecule has 23 atom stereocenters. The lowest BCUT2D eigenvalue weighted by Gasteiger charge is -2.50. The molecule has 40 heteroatoms. The Kier molecular flexibility index (Phi) is 54.0. The minimum absolute atomic E-state index is 0.0113. The zero-order chi connectivity index (χ0) is 90.4. The molecule has 19 N–H and O–H groups in total. The summed E-state index contributed by atoms with van der Waals surface area (Å²) in [6.45, 7) is 3.21. The highest BCUT2D eigenvalue weighted by Crippen LogP contribution is 2.46. The van der Waals surface area contributed by atoms with Gasteiger partial charge in [0.2, 0.25) is 11.8 Å². The van der Waals surface area contributed by atoms with E-state index in [1.807, 2.05) is 0 Å². The van der Waals surface area contributed by atoms with Gasteiger partial charge in [-0.1, -0.05) is 246 Å². The lowest BCUT2D eigenvalue weighted by Crippen LogP contribution is -2.69. The van der Waals surface area contributed by atoms with Crippen molar-refractivity contribution in [2.24, 2.45) is 0 Å². The number of unbranched alkanes of at least 4 members (excludes halogenated alkanes) is 32. The number of carbonyl (C=O) groups is 6. The SMILES string of the molecule is CCCCCCCCCCCC(=O)O[C@H](CCCCCCCCCCC)CC(=O)N[C@H]1[C@H](OC[C@H]2O[C@H](OP(=O)(O)O)[C@H](NC(=O)C[C@H](O)CCCCCCCCCCC)[C@@H](OC(=O)C[C@H](O)CCCCCCCCCCC)[C@@H]2O)O[C@H](CO[C@]2(C(=O)O)C[C@@H](O[C@]3(C(=O)O)C[C@@H](O)[C@@H](O)[C@@H]([C@H](O)CO)O3)[C@@H](O)[C@@H]([C@H](O)CO)O2)[C@@H](OP(=O)(O)O)[C@@H]1O. The second-order valence-electron chi connectivity index (χ2n) is 33.4. The summed E-state index contributed by atoms with van der Waals surface area (Å²) in [5, 5.41) is 149. The van der Waals surface area contributed by atoms with Crippen LogP contribution >= 0.6 is 15.6 Å². The molecule has 0 radical (unpaired) electrons. The van der Waals surface area contributed by atoms with Crippen molar-refractivity contribution in [2.45, 2.75) is 457 Å². The average Bonchev–Trinajstić information content (AvgIpc) is 0.750. The van der Waals surface area contributed by atoms with Gasteiger partial charge in [-0.2, -0.15) is 0 Å². The summed E-state index contributed by atoms with van der Waals surface area (Å²) in [4.78, 5) is 126. The number of phosphoric acid groups is 2. The first-order valence-corrected chi connectivity index (χ1v) is 47.9. The van der Waals surface area contributed by atoms with Gasteiger partial charge in [0, 0.05) is 19.3 Å². The maximum absolute atomic E-state index is 14.8. The Morgan fingerprint density at radius 1 is 0.443 bits per heavy atom. The first kappa shape index (κ1) is 111. The third-order valence-electron chi connectivity index (χ3n) is 22.8. The number of aliphatic hydroxyl groups excluding tert-OH is 11. The van der Waals surface area contributed by atoms with Gasteiger partial charge in [0.15, 0.2) is 18.7 Å². The van der Waals surface area contributed by atoms with Crippen LogP contribution in [0.5, 0.6) is 0 Å². The maximum Gasteiger partial charge on any atom is 0.472 e. The highest BCUT2D eigenvalue weighted by molar-refractivity contribution is 7.46. The van der Waals surface area contributed by atoms with Crippen LogP contribution < -0.4 is 10.6 Å². The minimum atomic E-state index is -5.97. The Morgan fingerprint density at radius 3 is 1.33 bits per heavy atom. The van der Waals surface area contributed by atoms with Crippen molar-refractivity contribution in [3.8, 4) is 0 Å². The van der Waals surface area contributed by atoms with Gasteiger partial charge >= 0.3 is 39.5 Å². The van der Waals surface area contributed by atoms with Crippen LogP contribution in [0.2, 0.25) is 0 Å². The van der Waals surface area contributed by atoms with E-state index in [4.69, 9.17) is 51.7 Å². The maximum atomic E-state index is 14.8. The molecule has 4 aliphatic heterocycles. The van der Waals surface area contributed by atoms with Crippen LogP contribution in [0.4, 0.5) is 0 Å². The summed E-state index contributed by atoms with van der Waals surface area (Å²) in [5.74, 6) is -15.1. The van der Waals surface area contributed by atoms with Gasteiger partial charge in [-0.05, 0) is 32.1 Å². The first-order valence-electron chi connectivity index (χ1n) is 44.9. The molecule has 0 aliphatic carbocycles.